The molecular weight excluding hydrogens is 300 g/mol. The second-order valence-corrected chi connectivity index (χ2v) is 5.48. The summed E-state index contributed by atoms with van der Waals surface area (Å²) in [5.74, 6) is -0.745. The van der Waals surface area contributed by atoms with Gasteiger partial charge in [0.05, 0.1) is 23.2 Å². The summed E-state index contributed by atoms with van der Waals surface area (Å²) in [4.78, 5) is 31.7. The van der Waals surface area contributed by atoms with Gasteiger partial charge in [0, 0.05) is 17.0 Å². The Kier molecular flexibility index (Phi) is 3.80. The van der Waals surface area contributed by atoms with Crippen molar-refractivity contribution in [2.24, 2.45) is 5.73 Å². The molecule has 3 aromatic rings. The van der Waals surface area contributed by atoms with Crippen LogP contribution in [0.4, 0.5) is 5.13 Å². The van der Waals surface area contributed by atoms with Crippen LogP contribution in [0.15, 0.2) is 41.9 Å². The number of benzene rings is 1. The summed E-state index contributed by atoms with van der Waals surface area (Å²) in [5.41, 5.74) is 6.78. The number of nitrogens with one attached hydrogen (secondary N) is 1. The van der Waals surface area contributed by atoms with Crippen LogP contribution in [0.5, 0.6) is 0 Å². The summed E-state index contributed by atoms with van der Waals surface area (Å²) in [7, 11) is 0. The van der Waals surface area contributed by atoms with Crippen LogP contribution in [0, 0.1) is 0 Å². The molecule has 2 heterocycles. The van der Waals surface area contributed by atoms with Crippen LogP contribution in [0.25, 0.3) is 10.9 Å². The number of hydrogen-bond acceptors (Lipinski definition) is 5. The van der Waals surface area contributed by atoms with Crippen molar-refractivity contribution in [3.05, 3.63) is 53.2 Å². The fourth-order valence-corrected chi connectivity index (χ4v) is 2.78. The number of rotatable bonds is 4. The minimum atomic E-state index is -0.457. The number of fused-ring (bicyclic) bond motifs is 1. The molecule has 7 heteroatoms. The zero-order chi connectivity index (χ0) is 15.5. The average Bonchev–Trinajstić information content (AvgIpc) is 2.92. The number of amides is 2. The summed E-state index contributed by atoms with van der Waals surface area (Å²) >= 11 is 1.25. The first-order valence-corrected chi connectivity index (χ1v) is 7.39. The van der Waals surface area contributed by atoms with Gasteiger partial charge < -0.3 is 5.73 Å². The van der Waals surface area contributed by atoms with Gasteiger partial charge in [0.15, 0.2) is 5.13 Å². The number of para-hydroxylation sites is 1. The largest absolute Gasteiger partial charge is 0.369 e. The maximum Gasteiger partial charge on any atom is 0.259 e. The quantitative estimate of drug-likeness (QED) is 0.769. The highest BCUT2D eigenvalue weighted by Gasteiger charge is 2.13. The van der Waals surface area contributed by atoms with Crippen LogP contribution < -0.4 is 11.1 Å². The molecule has 0 atom stereocenters. The Morgan fingerprint density at radius 1 is 1.23 bits per heavy atom. The molecule has 22 heavy (non-hydrogen) atoms. The molecule has 0 bridgehead atoms. The first kappa shape index (κ1) is 14.2. The standard InChI is InChI=1S/C15H12N4O2S/c16-12(20)7-10-8-22-15(18-10)19-14(21)11-5-1-3-9-4-2-6-17-13(9)11/h1-6,8H,7H2,(H2,16,20)(H,18,19,21). The number of nitrogens with two attached hydrogens (primary N) is 1. The van der Waals surface area contributed by atoms with Crippen LogP contribution in [-0.4, -0.2) is 21.8 Å². The molecule has 2 aromatic heterocycles. The Hall–Kier alpha value is -2.80. The topological polar surface area (TPSA) is 98.0 Å². The second kappa shape index (κ2) is 5.90. The van der Waals surface area contributed by atoms with Crippen molar-refractivity contribution >= 4 is 39.2 Å². The Bertz CT molecular complexity index is 854. The zero-order valence-electron chi connectivity index (χ0n) is 11.4. The zero-order valence-corrected chi connectivity index (χ0v) is 12.3. The molecule has 3 N–H and O–H groups in total. The Morgan fingerprint density at radius 2 is 2.05 bits per heavy atom. The molecule has 0 saturated carbocycles. The number of thiazole rings is 1. The van der Waals surface area contributed by atoms with Gasteiger partial charge in [0.2, 0.25) is 5.91 Å². The predicted octanol–water partition coefficient (Wildman–Crippen LogP) is 1.97. The molecule has 0 aliphatic rings. The van der Waals surface area contributed by atoms with E-state index >= 15 is 0 Å². The van der Waals surface area contributed by atoms with Crippen LogP contribution in [0.3, 0.4) is 0 Å². The second-order valence-electron chi connectivity index (χ2n) is 4.62. The number of pyridine rings is 1. The summed E-state index contributed by atoms with van der Waals surface area (Å²) in [6.45, 7) is 0. The van der Waals surface area contributed by atoms with E-state index in [4.69, 9.17) is 5.73 Å². The van der Waals surface area contributed by atoms with E-state index < -0.39 is 5.91 Å². The lowest BCUT2D eigenvalue weighted by Crippen LogP contribution is -2.15. The van der Waals surface area contributed by atoms with Gasteiger partial charge in [-0.25, -0.2) is 4.98 Å². The Labute approximate surface area is 130 Å². The number of hydrogen-bond donors (Lipinski definition) is 2. The smallest absolute Gasteiger partial charge is 0.259 e. The summed E-state index contributed by atoms with van der Waals surface area (Å²) in [6, 6.07) is 9.13. The molecule has 0 radical (unpaired) electrons. The van der Waals surface area contributed by atoms with E-state index in [1.54, 1.807) is 23.7 Å². The third kappa shape index (κ3) is 2.94. The lowest BCUT2D eigenvalue weighted by molar-refractivity contribution is -0.117. The van der Waals surface area contributed by atoms with E-state index in [0.29, 0.717) is 21.9 Å². The molecule has 2 amide bonds. The van der Waals surface area contributed by atoms with Crippen molar-refractivity contribution in [2.45, 2.75) is 6.42 Å². The van der Waals surface area contributed by atoms with E-state index in [0.717, 1.165) is 5.39 Å². The van der Waals surface area contributed by atoms with Gasteiger partial charge in [-0.1, -0.05) is 18.2 Å². The molecule has 0 fully saturated rings. The molecular formula is C15H12N4O2S. The van der Waals surface area contributed by atoms with E-state index in [2.05, 4.69) is 15.3 Å². The summed E-state index contributed by atoms with van der Waals surface area (Å²) in [5, 5.41) is 5.73. The van der Waals surface area contributed by atoms with Gasteiger partial charge in [-0.3, -0.25) is 19.9 Å². The van der Waals surface area contributed by atoms with E-state index in [1.165, 1.54) is 11.3 Å². The summed E-state index contributed by atoms with van der Waals surface area (Å²) < 4.78 is 0. The maximum atomic E-state index is 12.4. The number of carbonyl (C=O) groups is 2. The lowest BCUT2D eigenvalue weighted by Gasteiger charge is -2.05. The van der Waals surface area contributed by atoms with Crippen LogP contribution in [-0.2, 0) is 11.2 Å². The van der Waals surface area contributed by atoms with Gasteiger partial charge in [0.25, 0.3) is 5.91 Å². The highest BCUT2D eigenvalue weighted by molar-refractivity contribution is 7.14. The third-order valence-corrected chi connectivity index (χ3v) is 3.81. The highest BCUT2D eigenvalue weighted by atomic mass is 32.1. The van der Waals surface area contributed by atoms with Gasteiger partial charge in [0.1, 0.15) is 0 Å². The fourth-order valence-electron chi connectivity index (χ4n) is 2.08. The minimum absolute atomic E-state index is 0.0577. The average molecular weight is 312 g/mol. The van der Waals surface area contributed by atoms with Crippen molar-refractivity contribution in [3.63, 3.8) is 0 Å². The van der Waals surface area contributed by atoms with Crippen LogP contribution in [0.1, 0.15) is 16.1 Å². The number of primary amides is 1. The fraction of sp³-hybridized carbons (Fsp3) is 0.0667. The van der Waals surface area contributed by atoms with Gasteiger partial charge in [-0.2, -0.15) is 0 Å². The number of nitrogens with zero attached hydrogens (tertiary/aromatic N) is 2. The molecule has 0 unspecified atom stereocenters. The minimum Gasteiger partial charge on any atom is -0.369 e. The van der Waals surface area contributed by atoms with Crippen LogP contribution in [0.2, 0.25) is 0 Å². The van der Waals surface area contributed by atoms with Crippen molar-refractivity contribution < 1.29 is 9.59 Å². The first-order chi connectivity index (χ1) is 10.6. The Morgan fingerprint density at radius 3 is 2.86 bits per heavy atom. The normalized spacial score (nSPS) is 10.5. The monoisotopic (exact) mass is 312 g/mol. The molecule has 1 aromatic carbocycles. The van der Waals surface area contributed by atoms with Crippen molar-refractivity contribution in [3.8, 4) is 0 Å². The highest BCUT2D eigenvalue weighted by Crippen LogP contribution is 2.20. The van der Waals surface area contributed by atoms with E-state index in [1.807, 2.05) is 18.2 Å². The van der Waals surface area contributed by atoms with Crippen molar-refractivity contribution in [1.29, 1.82) is 0 Å². The molecule has 0 aliphatic heterocycles. The molecule has 110 valence electrons. The van der Waals surface area contributed by atoms with Crippen LogP contribution >= 0.6 is 11.3 Å². The van der Waals surface area contributed by atoms with Crippen molar-refractivity contribution in [1.82, 2.24) is 9.97 Å². The number of anilines is 1. The maximum absolute atomic E-state index is 12.4. The molecule has 0 saturated heterocycles. The molecule has 6 nitrogen and oxygen atoms in total. The van der Waals surface area contributed by atoms with E-state index in [9.17, 15) is 9.59 Å². The van der Waals surface area contributed by atoms with E-state index in [-0.39, 0.29) is 12.3 Å². The first-order valence-electron chi connectivity index (χ1n) is 6.51. The van der Waals surface area contributed by atoms with Gasteiger partial charge in [-0.15, -0.1) is 11.3 Å². The lowest BCUT2D eigenvalue weighted by atomic mass is 10.1. The molecule has 3 rings (SSSR count). The Balaban J connectivity index is 1.84. The van der Waals surface area contributed by atoms with Crippen molar-refractivity contribution in [2.75, 3.05) is 5.32 Å². The molecule has 0 spiro atoms. The third-order valence-electron chi connectivity index (χ3n) is 3.00. The number of carbonyl (C=O) groups excluding carboxylic acids is 2. The molecule has 0 aliphatic carbocycles. The number of aromatic nitrogens is 2. The van der Waals surface area contributed by atoms with Gasteiger partial charge in [-0.05, 0) is 12.1 Å². The SMILES string of the molecule is NC(=O)Cc1csc(NC(=O)c2cccc3cccnc23)n1. The summed E-state index contributed by atoms with van der Waals surface area (Å²) in [6.07, 6.45) is 1.70. The predicted molar refractivity (Wildman–Crippen MR) is 84.7 cm³/mol. The van der Waals surface area contributed by atoms with Gasteiger partial charge >= 0.3 is 0 Å².